The third-order valence-corrected chi connectivity index (χ3v) is 1.82. The fourth-order valence-corrected chi connectivity index (χ4v) is 1.12. The Hall–Kier alpha value is -1.83. The first-order valence-electron chi connectivity index (χ1n) is 4.44. The van der Waals surface area contributed by atoms with Gasteiger partial charge in [-0.2, -0.15) is 0 Å². The zero-order valence-electron chi connectivity index (χ0n) is 7.68. The van der Waals surface area contributed by atoms with E-state index >= 15 is 0 Å². The van der Waals surface area contributed by atoms with Crippen molar-refractivity contribution in [2.75, 3.05) is 0 Å². The lowest BCUT2D eigenvalue weighted by Crippen LogP contribution is -1.96. The highest BCUT2D eigenvalue weighted by Crippen LogP contribution is 2.07. The molecule has 1 aromatic carbocycles. The van der Waals surface area contributed by atoms with Crippen LogP contribution in [0.1, 0.15) is 5.56 Å². The Labute approximate surface area is 83.2 Å². The summed E-state index contributed by atoms with van der Waals surface area (Å²) in [6.45, 7) is 0.553. The van der Waals surface area contributed by atoms with Crippen molar-refractivity contribution in [3.63, 3.8) is 0 Å². The van der Waals surface area contributed by atoms with Crippen LogP contribution in [0.4, 0.5) is 0 Å². The number of benzene rings is 1. The van der Waals surface area contributed by atoms with Gasteiger partial charge < -0.3 is 4.74 Å². The van der Waals surface area contributed by atoms with Crippen molar-refractivity contribution in [3.05, 3.63) is 60.3 Å². The average molecular weight is 184 g/mol. The zero-order valence-corrected chi connectivity index (χ0v) is 7.68. The van der Waals surface area contributed by atoms with Crippen LogP contribution in [0, 0.1) is 6.07 Å². The molecule has 0 atom stereocenters. The Morgan fingerprint density at radius 1 is 1.14 bits per heavy atom. The van der Waals surface area contributed by atoms with Crippen LogP contribution in [-0.2, 0) is 6.61 Å². The van der Waals surface area contributed by atoms with Crippen molar-refractivity contribution in [2.45, 2.75) is 6.61 Å². The molecule has 2 nitrogen and oxygen atoms in total. The second-order valence-electron chi connectivity index (χ2n) is 2.87. The van der Waals surface area contributed by atoms with Crippen LogP contribution in [0.5, 0.6) is 5.88 Å². The Kier molecular flexibility index (Phi) is 2.76. The van der Waals surface area contributed by atoms with Gasteiger partial charge in [0.2, 0.25) is 5.88 Å². The molecule has 1 aromatic heterocycles. The molecule has 0 saturated heterocycles. The summed E-state index contributed by atoms with van der Waals surface area (Å²) in [6.07, 6.45) is 1.60. The molecule has 0 fully saturated rings. The van der Waals surface area contributed by atoms with Crippen LogP contribution in [0.25, 0.3) is 0 Å². The van der Waals surface area contributed by atoms with E-state index in [2.05, 4.69) is 11.1 Å². The molecule has 0 amide bonds. The van der Waals surface area contributed by atoms with Gasteiger partial charge in [-0.3, -0.25) is 0 Å². The van der Waals surface area contributed by atoms with E-state index in [0.29, 0.717) is 12.5 Å². The molecule has 0 aliphatic carbocycles. The topological polar surface area (TPSA) is 22.1 Å². The third kappa shape index (κ3) is 2.33. The summed E-state index contributed by atoms with van der Waals surface area (Å²) in [5, 5.41) is 0. The van der Waals surface area contributed by atoms with Crippen LogP contribution < -0.4 is 4.74 Å². The first kappa shape index (κ1) is 8.75. The van der Waals surface area contributed by atoms with E-state index in [1.54, 1.807) is 18.3 Å². The lowest BCUT2D eigenvalue weighted by atomic mass is 10.2. The summed E-state index contributed by atoms with van der Waals surface area (Å²) in [5.74, 6) is 0.632. The van der Waals surface area contributed by atoms with Gasteiger partial charge in [-0.1, -0.05) is 30.3 Å². The molecule has 0 unspecified atom stereocenters. The first-order valence-corrected chi connectivity index (χ1v) is 4.44. The molecule has 0 bridgehead atoms. The average Bonchev–Trinajstić information content (AvgIpc) is 2.29. The van der Waals surface area contributed by atoms with E-state index in [9.17, 15) is 0 Å². The molecule has 2 heteroatoms. The minimum atomic E-state index is 0.553. The molecular formula is C12H10NO. The lowest BCUT2D eigenvalue weighted by Gasteiger charge is -2.03. The van der Waals surface area contributed by atoms with Crippen molar-refractivity contribution in [1.82, 2.24) is 4.98 Å². The van der Waals surface area contributed by atoms with E-state index in [1.165, 1.54) is 0 Å². The van der Waals surface area contributed by atoms with Crippen molar-refractivity contribution in [1.29, 1.82) is 0 Å². The number of hydrogen-bond acceptors (Lipinski definition) is 2. The maximum atomic E-state index is 5.46. The lowest BCUT2D eigenvalue weighted by molar-refractivity contribution is 0.294. The van der Waals surface area contributed by atoms with Gasteiger partial charge in [0.05, 0.1) is 0 Å². The smallest absolute Gasteiger partial charge is 0.213 e. The molecule has 0 saturated carbocycles. The van der Waals surface area contributed by atoms with Gasteiger partial charge in [0.1, 0.15) is 6.61 Å². The monoisotopic (exact) mass is 184 g/mol. The molecule has 1 heterocycles. The van der Waals surface area contributed by atoms with E-state index in [4.69, 9.17) is 4.74 Å². The molecule has 0 aliphatic heterocycles. The molecular weight excluding hydrogens is 174 g/mol. The van der Waals surface area contributed by atoms with Crippen LogP contribution in [0.3, 0.4) is 0 Å². The van der Waals surface area contributed by atoms with Gasteiger partial charge in [0.15, 0.2) is 0 Å². The second-order valence-corrected chi connectivity index (χ2v) is 2.87. The maximum absolute atomic E-state index is 5.46. The standard InChI is InChI=1S/C12H10NO/c1-2-6-11(7-3-1)10-14-12-8-4-5-9-13-12/h1-4,6-9H,10H2. The van der Waals surface area contributed by atoms with Crippen molar-refractivity contribution < 1.29 is 4.74 Å². The van der Waals surface area contributed by atoms with E-state index in [1.807, 2.05) is 30.3 Å². The molecule has 0 aliphatic rings. The number of ether oxygens (including phenoxy) is 1. The second kappa shape index (κ2) is 4.42. The quantitative estimate of drug-likeness (QED) is 0.731. The van der Waals surface area contributed by atoms with Gasteiger partial charge in [0, 0.05) is 18.3 Å². The van der Waals surface area contributed by atoms with Crippen LogP contribution >= 0.6 is 0 Å². The van der Waals surface area contributed by atoms with Gasteiger partial charge in [-0.05, 0) is 11.6 Å². The molecule has 14 heavy (non-hydrogen) atoms. The summed E-state index contributed by atoms with van der Waals surface area (Å²) in [6, 6.07) is 16.4. The third-order valence-electron chi connectivity index (χ3n) is 1.82. The largest absolute Gasteiger partial charge is 0.473 e. The van der Waals surface area contributed by atoms with E-state index in [0.717, 1.165) is 5.56 Å². The van der Waals surface area contributed by atoms with E-state index in [-0.39, 0.29) is 0 Å². The summed E-state index contributed by atoms with van der Waals surface area (Å²) in [7, 11) is 0. The van der Waals surface area contributed by atoms with Crippen LogP contribution in [0.2, 0.25) is 0 Å². The summed E-state index contributed by atoms with van der Waals surface area (Å²) in [4.78, 5) is 4.02. The summed E-state index contributed by atoms with van der Waals surface area (Å²) >= 11 is 0. The van der Waals surface area contributed by atoms with E-state index < -0.39 is 0 Å². The fraction of sp³-hybridized carbons (Fsp3) is 0.0833. The number of pyridine rings is 1. The van der Waals surface area contributed by atoms with Gasteiger partial charge >= 0.3 is 0 Å². The predicted molar refractivity (Wildman–Crippen MR) is 53.8 cm³/mol. The normalized spacial score (nSPS) is 9.71. The maximum Gasteiger partial charge on any atom is 0.213 e. The highest BCUT2D eigenvalue weighted by atomic mass is 16.5. The molecule has 0 spiro atoms. The van der Waals surface area contributed by atoms with Crippen LogP contribution in [0.15, 0.2) is 48.7 Å². The van der Waals surface area contributed by atoms with Crippen molar-refractivity contribution in [2.24, 2.45) is 0 Å². The SMILES string of the molecule is [c]1ccc(OCc2ccccc2)nc1. The Bertz CT molecular complexity index is 333. The Morgan fingerprint density at radius 2 is 2.00 bits per heavy atom. The zero-order chi connectivity index (χ0) is 9.64. The van der Waals surface area contributed by atoms with Gasteiger partial charge in [-0.15, -0.1) is 0 Å². The number of aromatic nitrogens is 1. The summed E-state index contributed by atoms with van der Waals surface area (Å²) < 4.78 is 5.46. The highest BCUT2D eigenvalue weighted by Gasteiger charge is 1.94. The number of rotatable bonds is 3. The number of nitrogens with zero attached hydrogens (tertiary/aromatic N) is 1. The van der Waals surface area contributed by atoms with Crippen LogP contribution in [-0.4, -0.2) is 4.98 Å². The predicted octanol–water partition coefficient (Wildman–Crippen LogP) is 2.46. The minimum Gasteiger partial charge on any atom is -0.473 e. The molecule has 2 aromatic rings. The highest BCUT2D eigenvalue weighted by molar-refractivity contribution is 5.15. The van der Waals surface area contributed by atoms with Crippen molar-refractivity contribution >= 4 is 0 Å². The minimum absolute atomic E-state index is 0.553. The molecule has 1 radical (unpaired) electrons. The van der Waals surface area contributed by atoms with Gasteiger partial charge in [-0.25, -0.2) is 4.98 Å². The fourth-order valence-electron chi connectivity index (χ4n) is 1.12. The van der Waals surface area contributed by atoms with Gasteiger partial charge in [0.25, 0.3) is 0 Å². The molecule has 0 N–H and O–H groups in total. The first-order chi connectivity index (χ1) is 6.95. The number of hydrogen-bond donors (Lipinski definition) is 0. The van der Waals surface area contributed by atoms with Crippen molar-refractivity contribution in [3.8, 4) is 5.88 Å². The Morgan fingerprint density at radius 3 is 2.71 bits per heavy atom. The summed E-state index contributed by atoms with van der Waals surface area (Å²) in [5.41, 5.74) is 1.14. The Balaban J connectivity index is 1.96. The molecule has 2 rings (SSSR count). The molecule has 69 valence electrons.